The van der Waals surface area contributed by atoms with Gasteiger partial charge in [-0.3, -0.25) is 0 Å². The number of phenols is 1. The molecule has 1 rings (SSSR count). The minimum atomic E-state index is -0.101. The van der Waals surface area contributed by atoms with Gasteiger partial charge in [0.2, 0.25) is 0 Å². The summed E-state index contributed by atoms with van der Waals surface area (Å²) in [5.41, 5.74) is 0.502. The van der Waals surface area contributed by atoms with Crippen LogP contribution in [0.2, 0.25) is 20.1 Å². The lowest BCUT2D eigenvalue weighted by molar-refractivity contribution is 0.471. The molecule has 1 nitrogen and oxygen atoms in total. The summed E-state index contributed by atoms with van der Waals surface area (Å²) in [5, 5.41) is 10.1. The van der Waals surface area contributed by atoms with Crippen molar-refractivity contribution in [3.8, 4) is 5.75 Å². The molecular formula is C7H3Cl4IO. The van der Waals surface area contributed by atoms with Crippen LogP contribution >= 0.6 is 69.0 Å². The van der Waals surface area contributed by atoms with E-state index in [1.807, 2.05) is 22.6 Å². The van der Waals surface area contributed by atoms with Crippen molar-refractivity contribution in [3.63, 3.8) is 0 Å². The standard InChI is InChI=1S/C7H3Cl4IO/c8-3-2(1-12)7(13)6(11)5(10)4(3)9/h13H,1H2. The maximum absolute atomic E-state index is 9.52. The van der Waals surface area contributed by atoms with E-state index in [0.717, 1.165) is 0 Å². The summed E-state index contributed by atoms with van der Waals surface area (Å²) in [7, 11) is 0. The predicted octanol–water partition coefficient (Wildman–Crippen LogP) is 4.94. The molecule has 0 saturated carbocycles. The number of halogens is 5. The smallest absolute Gasteiger partial charge is 0.141 e. The molecule has 0 atom stereocenters. The van der Waals surface area contributed by atoms with Gasteiger partial charge in [-0.1, -0.05) is 69.0 Å². The van der Waals surface area contributed by atoms with E-state index in [4.69, 9.17) is 46.4 Å². The first-order valence-corrected chi connectivity index (χ1v) is 6.14. The second-order valence-corrected chi connectivity index (χ2v) is 4.49. The molecule has 72 valence electrons. The number of aromatic hydroxyl groups is 1. The van der Waals surface area contributed by atoms with Crippen molar-refractivity contribution in [1.82, 2.24) is 0 Å². The van der Waals surface area contributed by atoms with E-state index in [2.05, 4.69) is 0 Å². The molecule has 0 bridgehead atoms. The zero-order valence-electron chi connectivity index (χ0n) is 6.04. The number of benzene rings is 1. The second-order valence-electron chi connectivity index (χ2n) is 2.22. The van der Waals surface area contributed by atoms with E-state index in [1.165, 1.54) is 0 Å². The van der Waals surface area contributed by atoms with Crippen molar-refractivity contribution in [2.24, 2.45) is 0 Å². The van der Waals surface area contributed by atoms with Gasteiger partial charge in [-0.25, -0.2) is 0 Å². The van der Waals surface area contributed by atoms with Crippen LogP contribution in [0.25, 0.3) is 0 Å². The Labute approximate surface area is 109 Å². The summed E-state index contributed by atoms with van der Waals surface area (Å²) in [6, 6.07) is 0. The normalized spacial score (nSPS) is 10.5. The lowest BCUT2D eigenvalue weighted by Gasteiger charge is -2.09. The van der Waals surface area contributed by atoms with Crippen LogP contribution in [0.5, 0.6) is 5.75 Å². The van der Waals surface area contributed by atoms with Crippen LogP contribution < -0.4 is 0 Å². The summed E-state index contributed by atoms with van der Waals surface area (Å²) < 4.78 is 0.513. The van der Waals surface area contributed by atoms with E-state index in [9.17, 15) is 5.11 Å². The number of hydrogen-bond donors (Lipinski definition) is 1. The Morgan fingerprint density at radius 3 is 1.85 bits per heavy atom. The van der Waals surface area contributed by atoms with Crippen molar-refractivity contribution in [3.05, 3.63) is 25.7 Å². The molecule has 0 heterocycles. The van der Waals surface area contributed by atoms with Gasteiger partial charge in [0.1, 0.15) is 10.8 Å². The monoisotopic (exact) mass is 370 g/mol. The van der Waals surface area contributed by atoms with E-state index in [-0.39, 0.29) is 25.8 Å². The highest BCUT2D eigenvalue weighted by Gasteiger charge is 2.18. The lowest BCUT2D eigenvalue weighted by atomic mass is 10.2. The summed E-state index contributed by atoms with van der Waals surface area (Å²) >= 11 is 25.1. The highest BCUT2D eigenvalue weighted by atomic mass is 127. The van der Waals surface area contributed by atoms with Crippen LogP contribution in [-0.2, 0) is 4.43 Å². The fourth-order valence-corrected chi connectivity index (χ4v) is 2.70. The van der Waals surface area contributed by atoms with Crippen molar-refractivity contribution in [2.45, 2.75) is 4.43 Å². The molecular weight excluding hydrogens is 369 g/mol. The highest BCUT2D eigenvalue weighted by molar-refractivity contribution is 14.1. The van der Waals surface area contributed by atoms with Crippen LogP contribution in [0, 0.1) is 0 Å². The summed E-state index contributed by atoms with van der Waals surface area (Å²) in [5.74, 6) is -0.101. The van der Waals surface area contributed by atoms with E-state index >= 15 is 0 Å². The minimum absolute atomic E-state index is 0.0442. The van der Waals surface area contributed by atoms with E-state index in [1.54, 1.807) is 0 Å². The average molecular weight is 372 g/mol. The zero-order chi connectivity index (χ0) is 10.2. The summed E-state index contributed by atoms with van der Waals surface area (Å²) in [6.45, 7) is 0. The summed E-state index contributed by atoms with van der Waals surface area (Å²) in [4.78, 5) is 0. The highest BCUT2D eigenvalue weighted by Crippen LogP contribution is 2.45. The van der Waals surface area contributed by atoms with Crippen LogP contribution in [0.3, 0.4) is 0 Å². The molecule has 0 spiro atoms. The molecule has 1 aromatic rings. The Morgan fingerprint density at radius 2 is 1.38 bits per heavy atom. The molecule has 1 N–H and O–H groups in total. The number of phenolic OH excluding ortho intramolecular Hbond substituents is 1. The fourth-order valence-electron chi connectivity index (χ4n) is 0.788. The van der Waals surface area contributed by atoms with Crippen molar-refractivity contribution >= 4 is 69.0 Å². The third-order valence-electron chi connectivity index (χ3n) is 1.47. The van der Waals surface area contributed by atoms with Gasteiger partial charge in [0.15, 0.2) is 0 Å². The minimum Gasteiger partial charge on any atom is -0.506 e. The molecule has 0 radical (unpaired) electrons. The quantitative estimate of drug-likeness (QED) is 0.321. The first-order valence-electron chi connectivity index (χ1n) is 3.10. The Morgan fingerprint density at radius 1 is 0.923 bits per heavy atom. The Kier molecular flexibility index (Phi) is 4.26. The van der Waals surface area contributed by atoms with Gasteiger partial charge in [0, 0.05) is 9.99 Å². The van der Waals surface area contributed by atoms with Crippen LogP contribution in [0.15, 0.2) is 0 Å². The first kappa shape index (κ1) is 12.0. The largest absolute Gasteiger partial charge is 0.506 e. The van der Waals surface area contributed by atoms with Crippen molar-refractivity contribution in [1.29, 1.82) is 0 Å². The molecule has 6 heteroatoms. The molecule has 0 aliphatic rings. The number of hydrogen-bond acceptors (Lipinski definition) is 1. The van der Waals surface area contributed by atoms with Gasteiger partial charge in [-0.2, -0.15) is 0 Å². The number of alkyl halides is 1. The fraction of sp³-hybridized carbons (Fsp3) is 0.143. The van der Waals surface area contributed by atoms with Gasteiger partial charge in [-0.15, -0.1) is 0 Å². The molecule has 0 amide bonds. The Bertz CT molecular complexity index is 324. The number of rotatable bonds is 1. The van der Waals surface area contributed by atoms with Crippen molar-refractivity contribution in [2.75, 3.05) is 0 Å². The molecule has 0 fully saturated rings. The Hall–Kier alpha value is 0.910. The van der Waals surface area contributed by atoms with Crippen molar-refractivity contribution < 1.29 is 5.11 Å². The maximum Gasteiger partial charge on any atom is 0.141 e. The van der Waals surface area contributed by atoms with E-state index < -0.39 is 0 Å². The molecule has 0 unspecified atom stereocenters. The van der Waals surface area contributed by atoms with Gasteiger partial charge >= 0.3 is 0 Å². The van der Waals surface area contributed by atoms with Gasteiger partial charge in [0.25, 0.3) is 0 Å². The van der Waals surface area contributed by atoms with Gasteiger partial charge < -0.3 is 5.11 Å². The lowest BCUT2D eigenvalue weighted by Crippen LogP contribution is -1.86. The van der Waals surface area contributed by atoms with Crippen LogP contribution in [0.4, 0.5) is 0 Å². The molecule has 1 aromatic carbocycles. The van der Waals surface area contributed by atoms with Crippen LogP contribution in [0.1, 0.15) is 5.56 Å². The maximum atomic E-state index is 9.52. The molecule has 0 aliphatic carbocycles. The zero-order valence-corrected chi connectivity index (χ0v) is 11.2. The molecule has 0 aromatic heterocycles. The average Bonchev–Trinajstić information content (AvgIpc) is 2.13. The van der Waals surface area contributed by atoms with Gasteiger partial charge in [-0.05, 0) is 0 Å². The summed E-state index contributed by atoms with van der Waals surface area (Å²) in [6.07, 6.45) is 0. The van der Waals surface area contributed by atoms with Gasteiger partial charge in [0.05, 0.1) is 15.1 Å². The second kappa shape index (κ2) is 4.62. The SMILES string of the molecule is Oc1c(Cl)c(Cl)c(Cl)c(Cl)c1CI. The van der Waals surface area contributed by atoms with Crippen LogP contribution in [-0.4, -0.2) is 5.11 Å². The third kappa shape index (κ3) is 2.12. The molecule has 0 saturated heterocycles. The van der Waals surface area contributed by atoms with E-state index in [0.29, 0.717) is 9.99 Å². The Balaban J connectivity index is 3.56. The topological polar surface area (TPSA) is 20.2 Å². The molecule has 0 aliphatic heterocycles. The molecule has 13 heavy (non-hydrogen) atoms. The third-order valence-corrected chi connectivity index (χ3v) is 4.06. The first-order chi connectivity index (χ1) is 6.00. The predicted molar refractivity (Wildman–Crippen MR) is 65.9 cm³/mol.